The van der Waals surface area contributed by atoms with Crippen molar-refractivity contribution in [1.29, 1.82) is 0 Å². The van der Waals surface area contributed by atoms with E-state index in [1.807, 2.05) is 0 Å². The summed E-state index contributed by atoms with van der Waals surface area (Å²) < 4.78 is 51.7. The minimum Gasteiger partial charge on any atom is -0.399 e. The molecule has 1 aliphatic rings. The summed E-state index contributed by atoms with van der Waals surface area (Å²) in [6, 6.07) is 3.48. The maximum Gasteiger partial charge on any atom is 0.393 e. The monoisotopic (exact) mass is 290 g/mol. The van der Waals surface area contributed by atoms with Crippen LogP contribution >= 0.6 is 0 Å². The van der Waals surface area contributed by atoms with Crippen molar-refractivity contribution in [3.8, 4) is 0 Å². The molecule has 1 heterocycles. The first-order valence-corrected chi connectivity index (χ1v) is 6.20. The number of hydrogen-bond donors (Lipinski definition) is 1. The summed E-state index contributed by atoms with van der Waals surface area (Å²) in [7, 11) is 0. The van der Waals surface area contributed by atoms with Gasteiger partial charge in [0.25, 0.3) is 5.91 Å². The van der Waals surface area contributed by atoms with Crippen molar-refractivity contribution in [2.24, 2.45) is 5.92 Å². The van der Waals surface area contributed by atoms with Crippen LogP contribution in [0, 0.1) is 11.7 Å². The van der Waals surface area contributed by atoms with Gasteiger partial charge in [-0.25, -0.2) is 4.39 Å². The van der Waals surface area contributed by atoms with Gasteiger partial charge in [-0.2, -0.15) is 13.2 Å². The van der Waals surface area contributed by atoms with Crippen LogP contribution in [0.4, 0.5) is 23.2 Å². The molecule has 1 atom stereocenters. The van der Waals surface area contributed by atoms with Crippen molar-refractivity contribution in [3.63, 3.8) is 0 Å². The van der Waals surface area contributed by atoms with Gasteiger partial charge in [-0.1, -0.05) is 0 Å². The fourth-order valence-corrected chi connectivity index (χ4v) is 2.31. The molecule has 1 aliphatic heterocycles. The summed E-state index contributed by atoms with van der Waals surface area (Å²) in [4.78, 5) is 13.1. The number of piperidine rings is 1. The van der Waals surface area contributed by atoms with Crippen molar-refractivity contribution < 1.29 is 22.4 Å². The Kier molecular flexibility index (Phi) is 3.87. The van der Waals surface area contributed by atoms with Gasteiger partial charge < -0.3 is 10.6 Å². The lowest BCUT2D eigenvalue weighted by molar-refractivity contribution is -0.184. The molecule has 0 aliphatic carbocycles. The van der Waals surface area contributed by atoms with Crippen molar-refractivity contribution in [2.75, 3.05) is 18.8 Å². The largest absolute Gasteiger partial charge is 0.399 e. The maximum absolute atomic E-state index is 13.6. The van der Waals surface area contributed by atoms with Crippen LogP contribution < -0.4 is 5.73 Å². The Labute approximate surface area is 113 Å². The molecule has 0 radical (unpaired) electrons. The highest BCUT2D eigenvalue weighted by atomic mass is 19.4. The van der Waals surface area contributed by atoms with Crippen LogP contribution in [-0.2, 0) is 0 Å². The summed E-state index contributed by atoms with van der Waals surface area (Å²) in [5, 5.41) is 0. The SMILES string of the molecule is Nc1ccc(F)c(C(=O)N2CCCC(C(F)(F)F)C2)c1. The number of hydrogen-bond acceptors (Lipinski definition) is 2. The van der Waals surface area contributed by atoms with Crippen LogP contribution in [0.1, 0.15) is 23.2 Å². The third-order valence-electron chi connectivity index (χ3n) is 3.39. The molecule has 2 rings (SSSR count). The number of alkyl halides is 3. The first kappa shape index (κ1) is 14.6. The van der Waals surface area contributed by atoms with Gasteiger partial charge in [0, 0.05) is 18.8 Å². The Morgan fingerprint density at radius 3 is 2.70 bits per heavy atom. The van der Waals surface area contributed by atoms with Crippen LogP contribution in [0.2, 0.25) is 0 Å². The summed E-state index contributed by atoms with van der Waals surface area (Å²) in [6.07, 6.45) is -4.10. The van der Waals surface area contributed by atoms with Crippen LogP contribution in [0.3, 0.4) is 0 Å². The number of benzene rings is 1. The third-order valence-corrected chi connectivity index (χ3v) is 3.39. The van der Waals surface area contributed by atoms with E-state index in [1.54, 1.807) is 0 Å². The first-order valence-electron chi connectivity index (χ1n) is 6.20. The lowest BCUT2D eigenvalue weighted by atomic mass is 9.97. The molecule has 0 spiro atoms. The molecule has 1 aromatic carbocycles. The molecule has 0 saturated carbocycles. The molecule has 1 amide bonds. The minimum atomic E-state index is -4.34. The van der Waals surface area contributed by atoms with E-state index >= 15 is 0 Å². The predicted molar refractivity (Wildman–Crippen MR) is 65.5 cm³/mol. The van der Waals surface area contributed by atoms with Crippen LogP contribution in [0.25, 0.3) is 0 Å². The smallest absolute Gasteiger partial charge is 0.393 e. The number of anilines is 1. The number of carbonyl (C=O) groups is 1. The molecule has 7 heteroatoms. The van der Waals surface area contributed by atoms with Gasteiger partial charge in [-0.3, -0.25) is 4.79 Å². The average molecular weight is 290 g/mol. The van der Waals surface area contributed by atoms with E-state index < -0.39 is 30.4 Å². The number of likely N-dealkylation sites (tertiary alicyclic amines) is 1. The standard InChI is InChI=1S/C13H14F4N2O/c14-11-4-3-9(18)6-10(11)12(20)19-5-1-2-8(7-19)13(15,16)17/h3-4,6,8H,1-2,5,7,18H2. The Bertz CT molecular complexity index is 516. The number of nitrogens with zero attached hydrogens (tertiary/aromatic N) is 1. The summed E-state index contributed by atoms with van der Waals surface area (Å²) in [6.45, 7) is -0.240. The Morgan fingerprint density at radius 2 is 2.05 bits per heavy atom. The zero-order valence-corrected chi connectivity index (χ0v) is 10.6. The van der Waals surface area contributed by atoms with Gasteiger partial charge in [0.1, 0.15) is 5.82 Å². The molecular weight excluding hydrogens is 276 g/mol. The number of rotatable bonds is 1. The molecular formula is C13H14F4N2O. The molecule has 20 heavy (non-hydrogen) atoms. The number of nitrogens with two attached hydrogens (primary N) is 1. The Morgan fingerprint density at radius 1 is 1.35 bits per heavy atom. The zero-order valence-electron chi connectivity index (χ0n) is 10.6. The van der Waals surface area contributed by atoms with Crippen molar-refractivity contribution >= 4 is 11.6 Å². The molecule has 1 unspecified atom stereocenters. The second-order valence-electron chi connectivity index (χ2n) is 4.87. The van der Waals surface area contributed by atoms with Crippen molar-refractivity contribution in [1.82, 2.24) is 4.90 Å². The fourth-order valence-electron chi connectivity index (χ4n) is 2.31. The van der Waals surface area contributed by atoms with Crippen LogP contribution in [0.15, 0.2) is 18.2 Å². The molecule has 1 saturated heterocycles. The normalized spacial score (nSPS) is 20.0. The van der Waals surface area contributed by atoms with Gasteiger partial charge in [0.05, 0.1) is 11.5 Å². The highest BCUT2D eigenvalue weighted by Crippen LogP contribution is 2.33. The van der Waals surface area contributed by atoms with Crippen LogP contribution in [0.5, 0.6) is 0 Å². The molecule has 110 valence electrons. The first-order chi connectivity index (χ1) is 9.29. The van der Waals surface area contributed by atoms with E-state index in [1.165, 1.54) is 6.07 Å². The number of nitrogen functional groups attached to an aromatic ring is 1. The van der Waals surface area contributed by atoms with Gasteiger partial charge in [0.15, 0.2) is 0 Å². The fraction of sp³-hybridized carbons (Fsp3) is 0.462. The van der Waals surface area contributed by atoms with Gasteiger partial charge in [0.2, 0.25) is 0 Å². The summed E-state index contributed by atoms with van der Waals surface area (Å²) >= 11 is 0. The zero-order chi connectivity index (χ0) is 14.9. The Balaban J connectivity index is 2.18. The quantitative estimate of drug-likeness (QED) is 0.638. The Hall–Kier alpha value is -1.79. The van der Waals surface area contributed by atoms with E-state index in [0.29, 0.717) is 0 Å². The second-order valence-corrected chi connectivity index (χ2v) is 4.87. The third kappa shape index (κ3) is 3.02. The van der Waals surface area contributed by atoms with Crippen molar-refractivity contribution in [3.05, 3.63) is 29.6 Å². The van der Waals surface area contributed by atoms with Gasteiger partial charge >= 0.3 is 6.18 Å². The molecule has 1 fully saturated rings. The van der Waals surface area contributed by atoms with Gasteiger partial charge in [-0.05, 0) is 31.0 Å². The second kappa shape index (κ2) is 5.30. The topological polar surface area (TPSA) is 46.3 Å². The van der Waals surface area contributed by atoms with Gasteiger partial charge in [-0.15, -0.1) is 0 Å². The number of halogens is 4. The van der Waals surface area contributed by atoms with E-state index in [2.05, 4.69) is 0 Å². The number of amides is 1. The molecule has 3 nitrogen and oxygen atoms in total. The maximum atomic E-state index is 13.6. The summed E-state index contributed by atoms with van der Waals surface area (Å²) in [5.41, 5.74) is 5.38. The minimum absolute atomic E-state index is 0.00725. The highest BCUT2D eigenvalue weighted by Gasteiger charge is 2.42. The average Bonchev–Trinajstić information content (AvgIpc) is 2.40. The lowest BCUT2D eigenvalue weighted by Gasteiger charge is -2.33. The predicted octanol–water partition coefficient (Wildman–Crippen LogP) is 2.82. The van der Waals surface area contributed by atoms with E-state index in [-0.39, 0.29) is 30.6 Å². The molecule has 1 aromatic rings. The molecule has 0 bridgehead atoms. The highest BCUT2D eigenvalue weighted by molar-refractivity contribution is 5.95. The summed E-state index contributed by atoms with van der Waals surface area (Å²) in [5.74, 6) is -3.08. The van der Waals surface area contributed by atoms with Crippen LogP contribution in [-0.4, -0.2) is 30.1 Å². The lowest BCUT2D eigenvalue weighted by Crippen LogP contribution is -2.44. The van der Waals surface area contributed by atoms with E-state index in [0.717, 1.165) is 17.0 Å². The molecule has 2 N–H and O–H groups in total. The molecule has 0 aromatic heterocycles. The number of carbonyl (C=O) groups excluding carboxylic acids is 1. The van der Waals surface area contributed by atoms with Crippen molar-refractivity contribution in [2.45, 2.75) is 19.0 Å². The van der Waals surface area contributed by atoms with E-state index in [4.69, 9.17) is 5.73 Å². The van der Waals surface area contributed by atoms with E-state index in [9.17, 15) is 22.4 Å².